The van der Waals surface area contributed by atoms with Crippen molar-refractivity contribution >= 4 is 27.8 Å². The maximum atomic E-state index is 5.16. The van der Waals surface area contributed by atoms with Crippen molar-refractivity contribution < 1.29 is 0 Å². The van der Waals surface area contributed by atoms with E-state index in [9.17, 15) is 0 Å². The molecule has 0 amide bonds. The monoisotopic (exact) mass is 227 g/mol. The lowest BCUT2D eigenvalue weighted by Crippen LogP contribution is -2.07. The highest BCUT2D eigenvalue weighted by Gasteiger charge is 1.88. The summed E-state index contributed by atoms with van der Waals surface area (Å²) < 4.78 is 0. The van der Waals surface area contributed by atoms with Crippen LogP contribution in [0.3, 0.4) is 0 Å². The lowest BCUT2D eigenvalue weighted by Gasteiger charge is -1.97. The summed E-state index contributed by atoms with van der Waals surface area (Å²) in [6, 6.07) is 3.77. The molecular formula is C8H10BrN3. The number of nitrogens with one attached hydrogen (secondary N) is 1. The Hall–Kier alpha value is -0.870. The molecule has 0 fully saturated rings. The van der Waals surface area contributed by atoms with Crippen LogP contribution < -0.4 is 11.3 Å². The van der Waals surface area contributed by atoms with E-state index in [-0.39, 0.29) is 0 Å². The Bertz CT molecular complexity index is 256. The fraction of sp³-hybridized carbons (Fsp3) is 0.125. The number of aromatic nitrogens is 1. The van der Waals surface area contributed by atoms with E-state index in [0.717, 1.165) is 10.9 Å². The molecule has 0 bridgehead atoms. The molecule has 0 aromatic carbocycles. The Morgan fingerprint density at radius 3 is 2.92 bits per heavy atom. The number of hydrogen-bond donors (Lipinski definition) is 2. The summed E-state index contributed by atoms with van der Waals surface area (Å²) in [5.74, 6) is 5.83. The average molecular weight is 228 g/mol. The third-order valence-corrected chi connectivity index (χ3v) is 1.71. The van der Waals surface area contributed by atoms with Crippen LogP contribution in [0.5, 0.6) is 0 Å². The van der Waals surface area contributed by atoms with E-state index in [4.69, 9.17) is 5.84 Å². The summed E-state index contributed by atoms with van der Waals surface area (Å²) in [6.07, 6.45) is 5.75. The lowest BCUT2D eigenvalue weighted by molar-refractivity contribution is 1.22. The molecule has 0 aliphatic heterocycles. The number of allylic oxidation sites excluding steroid dienone is 1. The van der Waals surface area contributed by atoms with Gasteiger partial charge < -0.3 is 5.43 Å². The molecule has 0 aliphatic rings. The van der Waals surface area contributed by atoms with Gasteiger partial charge in [-0.15, -0.1) is 0 Å². The zero-order valence-electron chi connectivity index (χ0n) is 6.50. The van der Waals surface area contributed by atoms with Crippen LogP contribution in [0.1, 0.15) is 5.56 Å². The third-order valence-electron chi connectivity index (χ3n) is 1.33. The molecule has 0 spiro atoms. The number of nitrogen functional groups attached to an aromatic ring is 1. The van der Waals surface area contributed by atoms with E-state index in [1.54, 1.807) is 6.20 Å². The number of anilines is 1. The predicted octanol–water partition coefficient (Wildman–Crippen LogP) is 1.78. The molecule has 0 saturated carbocycles. The van der Waals surface area contributed by atoms with Crippen LogP contribution in [0.25, 0.3) is 6.08 Å². The van der Waals surface area contributed by atoms with Crippen LogP contribution in [0.4, 0.5) is 5.82 Å². The predicted molar refractivity (Wildman–Crippen MR) is 54.9 cm³/mol. The Morgan fingerprint density at radius 1 is 1.58 bits per heavy atom. The molecule has 1 aromatic heterocycles. The van der Waals surface area contributed by atoms with E-state index >= 15 is 0 Å². The second kappa shape index (κ2) is 4.90. The van der Waals surface area contributed by atoms with E-state index in [1.165, 1.54) is 0 Å². The van der Waals surface area contributed by atoms with Gasteiger partial charge in [0.05, 0.1) is 0 Å². The molecule has 3 nitrogen and oxygen atoms in total. The van der Waals surface area contributed by atoms with Crippen LogP contribution in [-0.2, 0) is 0 Å². The van der Waals surface area contributed by atoms with E-state index in [0.29, 0.717) is 5.82 Å². The van der Waals surface area contributed by atoms with Crippen LogP contribution in [-0.4, -0.2) is 10.3 Å². The molecular weight excluding hydrogens is 218 g/mol. The van der Waals surface area contributed by atoms with Gasteiger partial charge in [-0.1, -0.05) is 28.1 Å². The first-order chi connectivity index (χ1) is 5.86. The molecule has 12 heavy (non-hydrogen) atoms. The van der Waals surface area contributed by atoms with Gasteiger partial charge in [-0.05, 0) is 17.7 Å². The van der Waals surface area contributed by atoms with Gasteiger partial charge in [0, 0.05) is 11.5 Å². The topological polar surface area (TPSA) is 50.9 Å². The van der Waals surface area contributed by atoms with Gasteiger partial charge >= 0.3 is 0 Å². The minimum atomic E-state index is 0.672. The van der Waals surface area contributed by atoms with Gasteiger partial charge in [0.1, 0.15) is 5.82 Å². The minimum Gasteiger partial charge on any atom is -0.308 e. The molecule has 0 saturated heterocycles. The summed E-state index contributed by atoms with van der Waals surface area (Å²) in [6.45, 7) is 0. The number of halogens is 1. The number of rotatable bonds is 3. The van der Waals surface area contributed by atoms with E-state index in [1.807, 2.05) is 24.3 Å². The largest absolute Gasteiger partial charge is 0.308 e. The molecule has 0 atom stereocenters. The van der Waals surface area contributed by atoms with Crippen molar-refractivity contribution in [3.63, 3.8) is 0 Å². The summed E-state index contributed by atoms with van der Waals surface area (Å²) in [5, 5.41) is 0.851. The number of nitrogens with zero attached hydrogens (tertiary/aromatic N) is 1. The summed E-state index contributed by atoms with van der Waals surface area (Å²) in [5.41, 5.74) is 3.53. The molecule has 1 heterocycles. The summed E-state index contributed by atoms with van der Waals surface area (Å²) in [4.78, 5) is 4.05. The summed E-state index contributed by atoms with van der Waals surface area (Å²) >= 11 is 3.30. The number of hydrazine groups is 1. The Labute approximate surface area is 79.8 Å². The SMILES string of the molecule is NNc1ccc(C=CCBr)cn1. The van der Waals surface area contributed by atoms with E-state index < -0.39 is 0 Å². The van der Waals surface area contributed by atoms with Gasteiger partial charge in [0.2, 0.25) is 0 Å². The highest BCUT2D eigenvalue weighted by molar-refractivity contribution is 9.09. The zero-order chi connectivity index (χ0) is 8.81. The zero-order valence-corrected chi connectivity index (χ0v) is 8.08. The first kappa shape index (κ1) is 9.22. The van der Waals surface area contributed by atoms with Gasteiger partial charge in [-0.25, -0.2) is 10.8 Å². The molecule has 64 valence electrons. The van der Waals surface area contributed by atoms with Gasteiger partial charge in [-0.2, -0.15) is 0 Å². The Kier molecular flexibility index (Phi) is 3.76. The van der Waals surface area contributed by atoms with Crippen LogP contribution in [0.2, 0.25) is 0 Å². The van der Waals surface area contributed by atoms with Crippen LogP contribution in [0, 0.1) is 0 Å². The first-order valence-corrected chi connectivity index (χ1v) is 4.64. The van der Waals surface area contributed by atoms with Crippen molar-refractivity contribution in [3.8, 4) is 0 Å². The van der Waals surface area contributed by atoms with Crippen molar-refractivity contribution in [1.29, 1.82) is 0 Å². The molecule has 1 rings (SSSR count). The van der Waals surface area contributed by atoms with Crippen molar-refractivity contribution in [2.24, 2.45) is 5.84 Å². The standard InChI is InChI=1S/C8H10BrN3/c9-5-1-2-7-3-4-8(12-10)11-6-7/h1-4,6H,5,10H2,(H,11,12). The first-order valence-electron chi connectivity index (χ1n) is 3.52. The number of nitrogens with two attached hydrogens (primary N) is 1. The number of hydrogen-bond acceptors (Lipinski definition) is 3. The van der Waals surface area contributed by atoms with Crippen molar-refractivity contribution in [3.05, 3.63) is 30.0 Å². The molecule has 4 heteroatoms. The average Bonchev–Trinajstić information content (AvgIpc) is 2.15. The molecule has 1 aromatic rings. The second-order valence-electron chi connectivity index (χ2n) is 2.18. The second-order valence-corrected chi connectivity index (χ2v) is 2.83. The third kappa shape index (κ3) is 2.64. The fourth-order valence-electron chi connectivity index (χ4n) is 0.770. The maximum Gasteiger partial charge on any atom is 0.139 e. The van der Waals surface area contributed by atoms with Gasteiger partial charge in [-0.3, -0.25) is 0 Å². The van der Waals surface area contributed by atoms with E-state index in [2.05, 4.69) is 26.3 Å². The summed E-state index contributed by atoms with van der Waals surface area (Å²) in [7, 11) is 0. The maximum absolute atomic E-state index is 5.16. The highest BCUT2D eigenvalue weighted by atomic mass is 79.9. The molecule has 0 unspecified atom stereocenters. The van der Waals surface area contributed by atoms with Crippen molar-refractivity contribution in [2.75, 3.05) is 10.8 Å². The smallest absolute Gasteiger partial charge is 0.139 e. The van der Waals surface area contributed by atoms with Gasteiger partial charge in [0.15, 0.2) is 0 Å². The number of pyridine rings is 1. The molecule has 0 radical (unpaired) electrons. The number of alkyl halides is 1. The minimum absolute atomic E-state index is 0.672. The Morgan fingerprint density at radius 2 is 2.42 bits per heavy atom. The highest BCUT2D eigenvalue weighted by Crippen LogP contribution is 2.05. The van der Waals surface area contributed by atoms with Crippen LogP contribution in [0.15, 0.2) is 24.4 Å². The van der Waals surface area contributed by atoms with Gasteiger partial charge in [0.25, 0.3) is 0 Å². The van der Waals surface area contributed by atoms with Crippen molar-refractivity contribution in [1.82, 2.24) is 4.98 Å². The quantitative estimate of drug-likeness (QED) is 0.471. The lowest BCUT2D eigenvalue weighted by atomic mass is 10.2. The van der Waals surface area contributed by atoms with Crippen LogP contribution >= 0.6 is 15.9 Å². The Balaban J connectivity index is 2.71. The normalized spacial score (nSPS) is 10.5. The van der Waals surface area contributed by atoms with Crippen molar-refractivity contribution in [2.45, 2.75) is 0 Å². The molecule has 0 aliphatic carbocycles. The molecule has 3 N–H and O–H groups in total. The fourth-order valence-corrected chi connectivity index (χ4v) is 0.957.